The van der Waals surface area contributed by atoms with Crippen molar-refractivity contribution < 1.29 is 9.60 Å². The second-order valence-corrected chi connectivity index (χ2v) is 2.91. The van der Waals surface area contributed by atoms with Gasteiger partial charge in [-0.05, 0) is 23.8 Å². The van der Waals surface area contributed by atoms with E-state index in [1.807, 2.05) is 0 Å². The molecule has 0 unspecified atom stereocenters. The van der Waals surface area contributed by atoms with Gasteiger partial charge in [-0.1, -0.05) is 16.8 Å². The highest BCUT2D eigenvalue weighted by atomic mass is 35.5. The van der Waals surface area contributed by atoms with Crippen LogP contribution in [0.15, 0.2) is 23.4 Å². The second-order valence-electron chi connectivity index (χ2n) is 2.50. The van der Waals surface area contributed by atoms with Gasteiger partial charge in [0.1, 0.15) is 11.7 Å². The summed E-state index contributed by atoms with van der Waals surface area (Å²) >= 11 is 5.74. The standard InChI is InChI=1S/C8H8ClFN2O/c9-7-2-1-6(10)3-5(7)4-8(11)12-13/h1-3,13H,4H2,(H2,11,12). The van der Waals surface area contributed by atoms with Crippen molar-refractivity contribution in [3.8, 4) is 0 Å². The zero-order valence-corrected chi connectivity index (χ0v) is 7.42. The molecular formula is C8H8ClFN2O. The third-order valence-electron chi connectivity index (χ3n) is 1.51. The fourth-order valence-corrected chi connectivity index (χ4v) is 1.09. The molecule has 0 aliphatic heterocycles. The van der Waals surface area contributed by atoms with Gasteiger partial charge in [-0.15, -0.1) is 0 Å². The van der Waals surface area contributed by atoms with Crippen LogP contribution in [0.1, 0.15) is 5.56 Å². The molecule has 0 heterocycles. The van der Waals surface area contributed by atoms with Crippen LogP contribution in [0, 0.1) is 5.82 Å². The second kappa shape index (κ2) is 4.09. The quantitative estimate of drug-likeness (QED) is 0.332. The number of hydrogen-bond acceptors (Lipinski definition) is 2. The van der Waals surface area contributed by atoms with Crippen molar-refractivity contribution >= 4 is 17.4 Å². The van der Waals surface area contributed by atoms with E-state index in [1.54, 1.807) is 0 Å². The van der Waals surface area contributed by atoms with Gasteiger partial charge in [0.2, 0.25) is 0 Å². The molecule has 1 aromatic carbocycles. The van der Waals surface area contributed by atoms with Crippen molar-refractivity contribution in [1.29, 1.82) is 0 Å². The third-order valence-corrected chi connectivity index (χ3v) is 1.88. The van der Waals surface area contributed by atoms with Crippen LogP contribution in [0.5, 0.6) is 0 Å². The number of nitrogens with zero attached hydrogens (tertiary/aromatic N) is 1. The molecule has 0 aliphatic carbocycles. The fourth-order valence-electron chi connectivity index (χ4n) is 0.909. The molecular weight excluding hydrogens is 195 g/mol. The lowest BCUT2D eigenvalue weighted by Gasteiger charge is -2.02. The number of hydrogen-bond donors (Lipinski definition) is 2. The zero-order valence-electron chi connectivity index (χ0n) is 6.67. The van der Waals surface area contributed by atoms with Gasteiger partial charge in [-0.3, -0.25) is 0 Å². The Labute approximate surface area is 79.6 Å². The van der Waals surface area contributed by atoms with Crippen LogP contribution in [0.3, 0.4) is 0 Å². The molecule has 0 fully saturated rings. The molecule has 0 spiro atoms. The Bertz CT molecular complexity index is 341. The Kier molecular flexibility index (Phi) is 3.08. The Morgan fingerprint density at radius 2 is 2.31 bits per heavy atom. The molecule has 0 atom stereocenters. The molecule has 70 valence electrons. The average molecular weight is 203 g/mol. The number of oxime groups is 1. The molecule has 1 rings (SSSR count). The third kappa shape index (κ3) is 2.59. The molecule has 0 saturated carbocycles. The summed E-state index contributed by atoms with van der Waals surface area (Å²) < 4.78 is 12.7. The first-order valence-corrected chi connectivity index (χ1v) is 3.91. The summed E-state index contributed by atoms with van der Waals surface area (Å²) in [5, 5.41) is 11.4. The van der Waals surface area contributed by atoms with Crippen LogP contribution in [0.25, 0.3) is 0 Å². The summed E-state index contributed by atoms with van der Waals surface area (Å²) in [6.07, 6.45) is 0.132. The molecule has 0 aliphatic rings. The molecule has 0 aromatic heterocycles. The lowest BCUT2D eigenvalue weighted by Crippen LogP contribution is -2.14. The lowest BCUT2D eigenvalue weighted by molar-refractivity contribution is 0.317. The predicted octanol–water partition coefficient (Wildman–Crippen LogP) is 1.77. The smallest absolute Gasteiger partial charge is 0.143 e. The Morgan fingerprint density at radius 1 is 1.62 bits per heavy atom. The molecule has 5 heteroatoms. The predicted molar refractivity (Wildman–Crippen MR) is 48.5 cm³/mol. The van der Waals surface area contributed by atoms with E-state index in [0.29, 0.717) is 10.6 Å². The minimum absolute atomic E-state index is 0.00694. The maximum Gasteiger partial charge on any atom is 0.143 e. The normalized spacial score (nSPS) is 11.7. The van der Waals surface area contributed by atoms with E-state index in [4.69, 9.17) is 22.5 Å². The average Bonchev–Trinajstić information content (AvgIpc) is 2.11. The number of rotatable bonds is 2. The minimum atomic E-state index is -0.398. The first-order valence-electron chi connectivity index (χ1n) is 3.54. The number of nitrogens with two attached hydrogens (primary N) is 1. The van der Waals surface area contributed by atoms with Gasteiger partial charge in [0, 0.05) is 11.4 Å². The van der Waals surface area contributed by atoms with Crippen molar-refractivity contribution in [2.75, 3.05) is 0 Å². The van der Waals surface area contributed by atoms with Crippen LogP contribution < -0.4 is 5.73 Å². The monoisotopic (exact) mass is 202 g/mol. The van der Waals surface area contributed by atoms with Gasteiger partial charge in [-0.25, -0.2) is 4.39 Å². The zero-order chi connectivity index (χ0) is 9.84. The van der Waals surface area contributed by atoms with Crippen molar-refractivity contribution in [1.82, 2.24) is 0 Å². The van der Waals surface area contributed by atoms with E-state index in [0.717, 1.165) is 0 Å². The summed E-state index contributed by atoms with van der Waals surface area (Å²) in [5.74, 6) is -0.405. The fraction of sp³-hybridized carbons (Fsp3) is 0.125. The molecule has 0 bridgehead atoms. The number of halogens is 2. The first-order chi connectivity index (χ1) is 6.13. The molecule has 3 N–H and O–H groups in total. The largest absolute Gasteiger partial charge is 0.409 e. The van der Waals surface area contributed by atoms with Gasteiger partial charge in [0.25, 0.3) is 0 Å². The Balaban J connectivity index is 2.94. The van der Waals surface area contributed by atoms with E-state index < -0.39 is 5.82 Å². The lowest BCUT2D eigenvalue weighted by atomic mass is 10.1. The summed E-state index contributed by atoms with van der Waals surface area (Å²) in [6.45, 7) is 0. The molecule has 0 radical (unpaired) electrons. The van der Waals surface area contributed by atoms with Crippen molar-refractivity contribution in [3.63, 3.8) is 0 Å². The van der Waals surface area contributed by atoms with Crippen LogP contribution in [-0.4, -0.2) is 11.0 Å². The van der Waals surface area contributed by atoms with Crippen molar-refractivity contribution in [3.05, 3.63) is 34.6 Å². The SMILES string of the molecule is N/C(Cc1cc(F)ccc1Cl)=N/O. The van der Waals surface area contributed by atoms with Crippen LogP contribution in [0.4, 0.5) is 4.39 Å². The Morgan fingerprint density at radius 3 is 2.92 bits per heavy atom. The number of amidine groups is 1. The summed E-state index contributed by atoms with van der Waals surface area (Å²) in [6, 6.07) is 3.93. The maximum atomic E-state index is 12.7. The van der Waals surface area contributed by atoms with Crippen LogP contribution >= 0.6 is 11.6 Å². The van der Waals surface area contributed by atoms with E-state index in [9.17, 15) is 4.39 Å². The van der Waals surface area contributed by atoms with Gasteiger partial charge < -0.3 is 10.9 Å². The van der Waals surface area contributed by atoms with E-state index in [-0.39, 0.29) is 12.3 Å². The minimum Gasteiger partial charge on any atom is -0.409 e. The summed E-state index contributed by atoms with van der Waals surface area (Å²) in [4.78, 5) is 0. The highest BCUT2D eigenvalue weighted by molar-refractivity contribution is 6.31. The molecule has 13 heavy (non-hydrogen) atoms. The maximum absolute atomic E-state index is 12.7. The van der Waals surface area contributed by atoms with Crippen molar-refractivity contribution in [2.45, 2.75) is 6.42 Å². The van der Waals surface area contributed by atoms with Gasteiger partial charge in [0.05, 0.1) is 0 Å². The first kappa shape index (κ1) is 9.80. The summed E-state index contributed by atoms with van der Waals surface area (Å²) in [7, 11) is 0. The van der Waals surface area contributed by atoms with Gasteiger partial charge in [0.15, 0.2) is 0 Å². The molecule has 3 nitrogen and oxygen atoms in total. The topological polar surface area (TPSA) is 58.6 Å². The van der Waals surface area contributed by atoms with E-state index in [1.165, 1.54) is 18.2 Å². The van der Waals surface area contributed by atoms with E-state index >= 15 is 0 Å². The van der Waals surface area contributed by atoms with Crippen molar-refractivity contribution in [2.24, 2.45) is 10.9 Å². The highest BCUT2D eigenvalue weighted by Crippen LogP contribution is 2.17. The van der Waals surface area contributed by atoms with Crippen LogP contribution in [0.2, 0.25) is 5.02 Å². The molecule has 1 aromatic rings. The van der Waals surface area contributed by atoms with E-state index in [2.05, 4.69) is 5.16 Å². The van der Waals surface area contributed by atoms with Gasteiger partial charge in [-0.2, -0.15) is 0 Å². The highest BCUT2D eigenvalue weighted by Gasteiger charge is 2.04. The number of benzene rings is 1. The summed E-state index contributed by atoms with van der Waals surface area (Å²) in [5.41, 5.74) is 5.74. The Hall–Kier alpha value is -1.29. The van der Waals surface area contributed by atoms with Crippen LogP contribution in [-0.2, 0) is 6.42 Å². The molecule has 0 amide bonds. The molecule has 0 saturated heterocycles. The van der Waals surface area contributed by atoms with Gasteiger partial charge >= 0.3 is 0 Å².